The molecule has 2 fully saturated rings. The predicted octanol–water partition coefficient (Wildman–Crippen LogP) is 2.01. The Balaban J connectivity index is 1.75. The summed E-state index contributed by atoms with van der Waals surface area (Å²) in [5.41, 5.74) is -0.278. The van der Waals surface area contributed by atoms with Crippen molar-refractivity contribution in [1.29, 1.82) is 0 Å². The molecule has 4 heteroatoms. The van der Waals surface area contributed by atoms with E-state index >= 15 is 0 Å². The minimum atomic E-state index is -0.793. The van der Waals surface area contributed by atoms with Crippen molar-refractivity contribution in [3.63, 3.8) is 0 Å². The van der Waals surface area contributed by atoms with Gasteiger partial charge in [0, 0.05) is 19.8 Å². The number of rotatable bonds is 5. The van der Waals surface area contributed by atoms with Gasteiger partial charge in [-0.25, -0.2) is 0 Å². The first-order chi connectivity index (χ1) is 10.5. The molecular formula is C18H25NO3. The van der Waals surface area contributed by atoms with Crippen molar-refractivity contribution in [2.24, 2.45) is 5.92 Å². The van der Waals surface area contributed by atoms with Gasteiger partial charge in [0.2, 0.25) is 5.91 Å². The number of hydrogen-bond acceptors (Lipinski definition) is 3. The van der Waals surface area contributed by atoms with Gasteiger partial charge in [-0.2, -0.15) is 0 Å². The van der Waals surface area contributed by atoms with Gasteiger partial charge in [-0.3, -0.25) is 4.79 Å². The molecule has 1 saturated carbocycles. The van der Waals surface area contributed by atoms with Crippen molar-refractivity contribution in [2.75, 3.05) is 19.8 Å². The van der Waals surface area contributed by atoms with Crippen LogP contribution in [0.1, 0.15) is 38.2 Å². The zero-order valence-corrected chi connectivity index (χ0v) is 13.2. The Morgan fingerprint density at radius 2 is 1.95 bits per heavy atom. The quantitative estimate of drug-likeness (QED) is 0.875. The Morgan fingerprint density at radius 1 is 1.32 bits per heavy atom. The van der Waals surface area contributed by atoms with E-state index in [0.717, 1.165) is 18.4 Å². The number of hydrogen-bond donors (Lipinski definition) is 2. The summed E-state index contributed by atoms with van der Waals surface area (Å²) in [6.07, 6.45) is 3.49. The van der Waals surface area contributed by atoms with Crippen LogP contribution in [0.15, 0.2) is 30.3 Å². The van der Waals surface area contributed by atoms with E-state index in [4.69, 9.17) is 4.74 Å². The number of ether oxygens (including phenoxy) is 1. The fraction of sp³-hybridized carbons (Fsp3) is 0.611. The van der Waals surface area contributed by atoms with Gasteiger partial charge in [-0.05, 0) is 44.1 Å². The van der Waals surface area contributed by atoms with E-state index in [2.05, 4.69) is 5.32 Å². The zero-order valence-electron chi connectivity index (χ0n) is 13.2. The van der Waals surface area contributed by atoms with E-state index in [-0.39, 0.29) is 5.91 Å². The molecule has 1 atom stereocenters. The molecule has 0 bridgehead atoms. The summed E-state index contributed by atoms with van der Waals surface area (Å²) in [6.45, 7) is 3.35. The smallest absolute Gasteiger partial charge is 0.230 e. The summed E-state index contributed by atoms with van der Waals surface area (Å²) in [5.74, 6) is 0.345. The standard InChI is InChI=1S/C18H25NO3/c1-17(21,14-7-8-14)13-19-16(20)18(9-11-22-12-10-18)15-5-3-2-4-6-15/h2-6,14,21H,7-13H2,1H3,(H,19,20). The molecule has 1 unspecified atom stereocenters. The first kappa shape index (κ1) is 15.5. The van der Waals surface area contributed by atoms with Crippen LogP contribution in [0.2, 0.25) is 0 Å². The largest absolute Gasteiger partial charge is 0.388 e. The van der Waals surface area contributed by atoms with Gasteiger partial charge < -0.3 is 15.2 Å². The maximum atomic E-state index is 12.9. The number of nitrogens with one attached hydrogen (secondary N) is 1. The second-order valence-corrected chi connectivity index (χ2v) is 6.87. The van der Waals surface area contributed by atoms with Crippen LogP contribution < -0.4 is 5.32 Å². The highest BCUT2D eigenvalue weighted by Crippen LogP contribution is 2.40. The van der Waals surface area contributed by atoms with Crippen molar-refractivity contribution < 1.29 is 14.6 Å². The highest BCUT2D eigenvalue weighted by atomic mass is 16.5. The van der Waals surface area contributed by atoms with Crippen LogP contribution in [0, 0.1) is 5.92 Å². The molecule has 1 saturated heterocycles. The molecular weight excluding hydrogens is 278 g/mol. The minimum absolute atomic E-state index is 0.0166. The van der Waals surface area contributed by atoms with Crippen LogP contribution in [-0.2, 0) is 14.9 Å². The highest BCUT2D eigenvalue weighted by Gasteiger charge is 2.44. The molecule has 1 amide bonds. The molecule has 2 N–H and O–H groups in total. The molecule has 0 radical (unpaired) electrons. The molecule has 0 aromatic heterocycles. The molecule has 1 aliphatic heterocycles. The monoisotopic (exact) mass is 303 g/mol. The van der Waals surface area contributed by atoms with E-state index in [1.807, 2.05) is 37.3 Å². The van der Waals surface area contributed by atoms with Crippen molar-refractivity contribution in [1.82, 2.24) is 5.32 Å². The van der Waals surface area contributed by atoms with Gasteiger partial charge >= 0.3 is 0 Å². The second-order valence-electron chi connectivity index (χ2n) is 6.87. The Kier molecular flexibility index (Phi) is 4.24. The predicted molar refractivity (Wildman–Crippen MR) is 84.5 cm³/mol. The Bertz CT molecular complexity index is 516. The summed E-state index contributed by atoms with van der Waals surface area (Å²) in [5, 5.41) is 13.4. The summed E-state index contributed by atoms with van der Waals surface area (Å²) < 4.78 is 5.46. The third kappa shape index (κ3) is 3.03. The summed E-state index contributed by atoms with van der Waals surface area (Å²) >= 11 is 0. The normalized spacial score (nSPS) is 23.5. The lowest BCUT2D eigenvalue weighted by atomic mass is 9.73. The third-order valence-electron chi connectivity index (χ3n) is 5.17. The van der Waals surface area contributed by atoms with Crippen LogP contribution in [0.3, 0.4) is 0 Å². The van der Waals surface area contributed by atoms with Crippen molar-refractivity contribution >= 4 is 5.91 Å². The fourth-order valence-corrected chi connectivity index (χ4v) is 3.40. The molecule has 1 aliphatic carbocycles. The molecule has 1 heterocycles. The number of amides is 1. The van der Waals surface area contributed by atoms with Gasteiger partial charge in [0.15, 0.2) is 0 Å². The SMILES string of the molecule is CC(O)(CNC(=O)C1(c2ccccc2)CCOCC1)C1CC1. The lowest BCUT2D eigenvalue weighted by Gasteiger charge is -2.37. The van der Waals surface area contributed by atoms with Crippen molar-refractivity contribution in [2.45, 2.75) is 43.6 Å². The molecule has 3 rings (SSSR count). The number of carbonyl (C=O) groups excluding carboxylic acids is 1. The van der Waals surface area contributed by atoms with E-state index in [1.165, 1.54) is 0 Å². The lowest BCUT2D eigenvalue weighted by molar-refractivity contribution is -0.131. The zero-order chi connectivity index (χ0) is 15.6. The first-order valence-electron chi connectivity index (χ1n) is 8.19. The highest BCUT2D eigenvalue weighted by molar-refractivity contribution is 5.88. The number of benzene rings is 1. The van der Waals surface area contributed by atoms with Crippen LogP contribution >= 0.6 is 0 Å². The fourth-order valence-electron chi connectivity index (χ4n) is 3.40. The molecule has 1 aromatic rings. The minimum Gasteiger partial charge on any atom is -0.388 e. The Hall–Kier alpha value is -1.39. The van der Waals surface area contributed by atoms with Crippen LogP contribution in [0.5, 0.6) is 0 Å². The van der Waals surface area contributed by atoms with E-state index in [0.29, 0.717) is 38.5 Å². The van der Waals surface area contributed by atoms with E-state index in [1.54, 1.807) is 0 Å². The summed E-state index contributed by atoms with van der Waals surface area (Å²) in [7, 11) is 0. The maximum absolute atomic E-state index is 12.9. The van der Waals surface area contributed by atoms with E-state index < -0.39 is 11.0 Å². The van der Waals surface area contributed by atoms with Gasteiger partial charge in [0.05, 0.1) is 11.0 Å². The number of carbonyl (C=O) groups is 1. The lowest BCUT2D eigenvalue weighted by Crippen LogP contribution is -2.52. The first-order valence-corrected chi connectivity index (χ1v) is 8.19. The van der Waals surface area contributed by atoms with Crippen LogP contribution in [0.25, 0.3) is 0 Å². The number of aliphatic hydroxyl groups is 1. The molecule has 4 nitrogen and oxygen atoms in total. The molecule has 120 valence electrons. The molecule has 22 heavy (non-hydrogen) atoms. The average molecular weight is 303 g/mol. The third-order valence-corrected chi connectivity index (χ3v) is 5.17. The Labute approximate surface area is 131 Å². The van der Waals surface area contributed by atoms with Crippen molar-refractivity contribution in [3.8, 4) is 0 Å². The topological polar surface area (TPSA) is 58.6 Å². The van der Waals surface area contributed by atoms with Crippen LogP contribution in [-0.4, -0.2) is 36.4 Å². The summed E-state index contributed by atoms with van der Waals surface area (Å²) in [4.78, 5) is 12.9. The van der Waals surface area contributed by atoms with Gasteiger partial charge in [0.1, 0.15) is 0 Å². The molecule has 2 aliphatic rings. The van der Waals surface area contributed by atoms with Gasteiger partial charge in [-0.1, -0.05) is 30.3 Å². The average Bonchev–Trinajstić information content (AvgIpc) is 3.39. The Morgan fingerprint density at radius 3 is 2.55 bits per heavy atom. The maximum Gasteiger partial charge on any atom is 0.230 e. The summed E-state index contributed by atoms with van der Waals surface area (Å²) in [6, 6.07) is 9.94. The molecule has 0 spiro atoms. The molecule has 1 aromatic carbocycles. The van der Waals surface area contributed by atoms with Crippen LogP contribution in [0.4, 0.5) is 0 Å². The van der Waals surface area contributed by atoms with Gasteiger partial charge in [0.25, 0.3) is 0 Å². The second kappa shape index (κ2) is 6.01. The van der Waals surface area contributed by atoms with E-state index in [9.17, 15) is 9.90 Å². The van der Waals surface area contributed by atoms with Gasteiger partial charge in [-0.15, -0.1) is 0 Å². The van der Waals surface area contributed by atoms with Crippen molar-refractivity contribution in [3.05, 3.63) is 35.9 Å².